The van der Waals surface area contributed by atoms with E-state index in [0.29, 0.717) is 25.7 Å². The minimum atomic E-state index is -4.96. The van der Waals surface area contributed by atoms with Gasteiger partial charge in [-0.3, -0.25) is 37.3 Å². The standard InChI is InChI=1S/C73H142O17P2/c1-9-66(8)52-44-36-28-20-12-15-23-32-40-48-56-73(78)90-68(59-83-70(75)53-45-37-29-21-13-10-17-25-33-41-49-63(2)3)61-87-91(79,80)85-57-67(74)58-86-92(81,82)88-62-69(60-84-71(76)54-46-38-30-24-16-19-27-35-43-51-65(6)7)89-72(77)55-47-39-31-22-14-11-18-26-34-42-50-64(4)5/h63-69,74H,9-62H2,1-8H3,(H,79,80)(H,81,82)/t66?,67-,68-,69-/m1/s1. The molecule has 0 saturated heterocycles. The zero-order valence-corrected chi connectivity index (χ0v) is 62.0. The van der Waals surface area contributed by atoms with E-state index in [1.807, 2.05) is 0 Å². The van der Waals surface area contributed by atoms with Gasteiger partial charge < -0.3 is 33.8 Å². The number of aliphatic hydroxyl groups is 1. The van der Waals surface area contributed by atoms with Crippen LogP contribution in [-0.4, -0.2) is 96.7 Å². The van der Waals surface area contributed by atoms with Crippen LogP contribution >= 0.6 is 15.6 Å². The van der Waals surface area contributed by atoms with Gasteiger partial charge in [0.15, 0.2) is 12.2 Å². The summed E-state index contributed by atoms with van der Waals surface area (Å²) in [5, 5.41) is 10.6. The number of esters is 4. The first kappa shape index (κ1) is 90.1. The van der Waals surface area contributed by atoms with E-state index >= 15 is 0 Å². The molecule has 0 aliphatic heterocycles. The molecule has 0 rings (SSSR count). The summed E-state index contributed by atoms with van der Waals surface area (Å²) in [6, 6.07) is 0. The van der Waals surface area contributed by atoms with Gasteiger partial charge in [-0.15, -0.1) is 0 Å². The van der Waals surface area contributed by atoms with Crippen LogP contribution in [0.5, 0.6) is 0 Å². The lowest BCUT2D eigenvalue weighted by Crippen LogP contribution is -2.30. The number of carbonyl (C=O) groups is 4. The topological polar surface area (TPSA) is 237 Å². The van der Waals surface area contributed by atoms with Gasteiger partial charge in [-0.05, 0) is 49.4 Å². The summed E-state index contributed by atoms with van der Waals surface area (Å²) < 4.78 is 68.4. The fourth-order valence-corrected chi connectivity index (χ4v) is 12.6. The predicted molar refractivity (Wildman–Crippen MR) is 372 cm³/mol. The number of aliphatic hydroxyl groups excluding tert-OH is 1. The first-order chi connectivity index (χ1) is 44.1. The van der Waals surface area contributed by atoms with E-state index in [2.05, 4.69) is 55.4 Å². The molecule has 0 aliphatic carbocycles. The Hall–Kier alpha value is -1.94. The number of unbranched alkanes of at least 4 members (excludes halogenated alkanes) is 35. The molecule has 0 bridgehead atoms. The molecule has 6 atom stereocenters. The first-order valence-corrected chi connectivity index (χ1v) is 40.7. The van der Waals surface area contributed by atoms with Crippen molar-refractivity contribution in [3.63, 3.8) is 0 Å². The second-order valence-electron chi connectivity index (χ2n) is 28.0. The number of hydrogen-bond acceptors (Lipinski definition) is 15. The molecule has 0 fully saturated rings. The lowest BCUT2D eigenvalue weighted by atomic mass is 9.99. The van der Waals surface area contributed by atoms with Crippen molar-refractivity contribution in [1.82, 2.24) is 0 Å². The van der Waals surface area contributed by atoms with E-state index in [9.17, 15) is 43.2 Å². The number of phosphoric acid groups is 2. The van der Waals surface area contributed by atoms with Crippen LogP contribution in [0.25, 0.3) is 0 Å². The quantitative estimate of drug-likeness (QED) is 0.0222. The van der Waals surface area contributed by atoms with Crippen LogP contribution in [0.3, 0.4) is 0 Å². The average Bonchev–Trinajstić information content (AvgIpc) is 3.64. The van der Waals surface area contributed by atoms with Crippen molar-refractivity contribution in [2.75, 3.05) is 39.6 Å². The summed E-state index contributed by atoms with van der Waals surface area (Å²) in [5.74, 6) is 0.933. The van der Waals surface area contributed by atoms with E-state index in [1.54, 1.807) is 0 Å². The molecule has 0 heterocycles. The van der Waals surface area contributed by atoms with Crippen LogP contribution < -0.4 is 0 Å². The summed E-state index contributed by atoms with van der Waals surface area (Å²) >= 11 is 0. The Balaban J connectivity index is 5.28. The fraction of sp³-hybridized carbons (Fsp3) is 0.945. The molecule has 19 heteroatoms. The smallest absolute Gasteiger partial charge is 0.462 e. The summed E-state index contributed by atoms with van der Waals surface area (Å²) in [6.45, 7) is 14.2. The van der Waals surface area contributed by atoms with Gasteiger partial charge >= 0.3 is 39.5 Å². The van der Waals surface area contributed by atoms with E-state index in [-0.39, 0.29) is 25.7 Å². The van der Waals surface area contributed by atoms with Gasteiger partial charge in [-0.1, -0.05) is 312 Å². The summed E-state index contributed by atoms with van der Waals surface area (Å²) in [5.41, 5.74) is 0. The Morgan fingerprint density at radius 2 is 0.522 bits per heavy atom. The average molecular weight is 1350 g/mol. The number of hydrogen-bond donors (Lipinski definition) is 3. The molecule has 0 aromatic rings. The summed E-state index contributed by atoms with van der Waals surface area (Å²) in [6.07, 6.45) is 45.7. The van der Waals surface area contributed by atoms with E-state index in [1.165, 1.54) is 167 Å². The van der Waals surface area contributed by atoms with Crippen molar-refractivity contribution in [3.05, 3.63) is 0 Å². The molecule has 3 unspecified atom stereocenters. The third-order valence-electron chi connectivity index (χ3n) is 17.2. The van der Waals surface area contributed by atoms with Crippen molar-refractivity contribution in [3.8, 4) is 0 Å². The van der Waals surface area contributed by atoms with Crippen molar-refractivity contribution in [2.24, 2.45) is 23.7 Å². The van der Waals surface area contributed by atoms with Gasteiger partial charge in [0.05, 0.1) is 26.4 Å². The Kier molecular flexibility index (Phi) is 61.3. The van der Waals surface area contributed by atoms with Gasteiger partial charge in [0.1, 0.15) is 19.3 Å². The van der Waals surface area contributed by atoms with Crippen molar-refractivity contribution < 1.29 is 80.2 Å². The number of rotatable bonds is 70. The van der Waals surface area contributed by atoms with Gasteiger partial charge in [-0.2, -0.15) is 0 Å². The largest absolute Gasteiger partial charge is 0.472 e. The minimum absolute atomic E-state index is 0.105. The van der Waals surface area contributed by atoms with E-state index in [0.717, 1.165) is 114 Å². The molecule has 0 aromatic carbocycles. The SMILES string of the molecule is CCC(C)CCCCCCCCCCCCC(=O)O[C@H](COC(=O)CCCCCCCCCCCCC(C)C)COP(=O)(O)OC[C@@H](O)COP(=O)(O)OC[C@@H](COC(=O)CCCCCCCCCCCC(C)C)OC(=O)CCCCCCCCCCCCC(C)C. The second-order valence-corrected chi connectivity index (χ2v) is 30.9. The Bertz CT molecular complexity index is 1820. The second kappa shape index (κ2) is 62.6. The molecule has 3 N–H and O–H groups in total. The Morgan fingerprint density at radius 1 is 0.304 bits per heavy atom. The molecule has 92 heavy (non-hydrogen) atoms. The molecule has 0 aromatic heterocycles. The van der Waals surface area contributed by atoms with Crippen LogP contribution in [0.4, 0.5) is 0 Å². The number of phosphoric ester groups is 2. The van der Waals surface area contributed by atoms with E-state index < -0.39 is 97.5 Å². The highest BCUT2D eigenvalue weighted by Gasteiger charge is 2.30. The predicted octanol–water partition coefficient (Wildman–Crippen LogP) is 20.9. The highest BCUT2D eigenvalue weighted by molar-refractivity contribution is 7.47. The lowest BCUT2D eigenvalue weighted by Gasteiger charge is -2.21. The highest BCUT2D eigenvalue weighted by Crippen LogP contribution is 2.45. The minimum Gasteiger partial charge on any atom is -0.462 e. The Labute approximate surface area is 562 Å². The summed E-state index contributed by atoms with van der Waals surface area (Å²) in [4.78, 5) is 72.7. The molecule has 546 valence electrons. The van der Waals surface area contributed by atoms with Gasteiger partial charge in [-0.25, -0.2) is 9.13 Å². The van der Waals surface area contributed by atoms with Gasteiger partial charge in [0, 0.05) is 25.7 Å². The molecular weight excluding hydrogens is 1210 g/mol. The number of carbonyl (C=O) groups excluding carboxylic acids is 4. The normalized spacial score (nSPS) is 14.5. The molecule has 0 saturated carbocycles. The van der Waals surface area contributed by atoms with Crippen molar-refractivity contribution in [1.29, 1.82) is 0 Å². The Morgan fingerprint density at radius 3 is 0.772 bits per heavy atom. The zero-order valence-electron chi connectivity index (χ0n) is 60.2. The monoisotopic (exact) mass is 1350 g/mol. The molecule has 0 aliphatic rings. The van der Waals surface area contributed by atoms with Crippen LogP contribution in [0.15, 0.2) is 0 Å². The maximum atomic E-state index is 13.0. The van der Waals surface area contributed by atoms with Crippen molar-refractivity contribution >= 4 is 39.5 Å². The van der Waals surface area contributed by atoms with Crippen LogP contribution in [0.2, 0.25) is 0 Å². The maximum Gasteiger partial charge on any atom is 0.472 e. The molecule has 0 spiro atoms. The summed E-state index contributed by atoms with van der Waals surface area (Å²) in [7, 11) is -9.91. The molecule has 0 radical (unpaired) electrons. The van der Waals surface area contributed by atoms with E-state index in [4.69, 9.17) is 37.0 Å². The van der Waals surface area contributed by atoms with Gasteiger partial charge in [0.2, 0.25) is 0 Å². The van der Waals surface area contributed by atoms with Crippen LogP contribution in [0.1, 0.15) is 364 Å². The fourth-order valence-electron chi connectivity index (χ4n) is 11.0. The highest BCUT2D eigenvalue weighted by atomic mass is 31.2. The van der Waals surface area contributed by atoms with Gasteiger partial charge in [0.25, 0.3) is 0 Å². The lowest BCUT2D eigenvalue weighted by molar-refractivity contribution is -0.161. The molecule has 0 amide bonds. The van der Waals surface area contributed by atoms with Crippen molar-refractivity contribution in [2.45, 2.75) is 382 Å². The number of ether oxygens (including phenoxy) is 4. The third kappa shape index (κ3) is 65.4. The maximum absolute atomic E-state index is 13.0. The molecular formula is C73H142O17P2. The zero-order chi connectivity index (χ0) is 68.2. The first-order valence-electron chi connectivity index (χ1n) is 37.7. The van der Waals surface area contributed by atoms with Crippen LogP contribution in [0, 0.1) is 23.7 Å². The van der Waals surface area contributed by atoms with Crippen LogP contribution in [-0.2, 0) is 65.4 Å². The third-order valence-corrected chi connectivity index (χ3v) is 19.1. The molecule has 17 nitrogen and oxygen atoms in total.